The Balaban J connectivity index is 2.89. The van der Waals surface area contributed by atoms with Gasteiger partial charge in [-0.05, 0) is 13.0 Å². The summed E-state index contributed by atoms with van der Waals surface area (Å²) in [4.78, 5) is 9.99. The molecule has 0 fully saturated rings. The number of hydrogen-bond acceptors (Lipinski definition) is 4. The van der Waals surface area contributed by atoms with Crippen LogP contribution >= 0.6 is 23.2 Å². The van der Waals surface area contributed by atoms with Crippen LogP contribution < -0.4 is 11.1 Å². The van der Waals surface area contributed by atoms with Crippen LogP contribution in [0.1, 0.15) is 6.42 Å². The molecule has 7 heteroatoms. The van der Waals surface area contributed by atoms with Crippen LogP contribution in [0.15, 0.2) is 12.1 Å². The first-order chi connectivity index (χ1) is 7.56. The van der Waals surface area contributed by atoms with E-state index in [-0.39, 0.29) is 15.7 Å². The maximum absolute atomic E-state index is 10.5. The monoisotopic (exact) mass is 263 g/mol. The maximum Gasteiger partial charge on any atom is 0.272 e. The predicted octanol–water partition coefficient (Wildman–Crippen LogP) is 2.66. The minimum Gasteiger partial charge on any atom is -0.383 e. The third-order valence-corrected chi connectivity index (χ3v) is 2.52. The van der Waals surface area contributed by atoms with Crippen LogP contribution in [0.4, 0.5) is 11.4 Å². The number of nitrogens with one attached hydrogen (secondary N) is 1. The lowest BCUT2D eigenvalue weighted by atomic mass is 10.2. The van der Waals surface area contributed by atoms with Crippen molar-refractivity contribution >= 4 is 34.6 Å². The van der Waals surface area contributed by atoms with Crippen molar-refractivity contribution in [2.45, 2.75) is 6.42 Å². The van der Waals surface area contributed by atoms with E-state index in [9.17, 15) is 10.1 Å². The van der Waals surface area contributed by atoms with E-state index in [1.165, 1.54) is 12.1 Å². The number of nitrogens with two attached hydrogens (primary N) is 1. The number of benzene rings is 1. The maximum atomic E-state index is 10.5. The van der Waals surface area contributed by atoms with E-state index in [0.29, 0.717) is 18.8 Å². The van der Waals surface area contributed by atoms with E-state index in [4.69, 9.17) is 28.9 Å². The molecule has 1 rings (SSSR count). The van der Waals surface area contributed by atoms with Gasteiger partial charge in [0.2, 0.25) is 0 Å². The Kier molecular flexibility index (Phi) is 4.79. The number of hydrogen-bond donors (Lipinski definition) is 2. The summed E-state index contributed by atoms with van der Waals surface area (Å²) >= 11 is 11.8. The quantitative estimate of drug-likeness (QED) is 0.486. The average Bonchev–Trinajstić information content (AvgIpc) is 2.21. The molecule has 0 aliphatic carbocycles. The molecule has 0 radical (unpaired) electrons. The molecule has 0 bridgehead atoms. The summed E-state index contributed by atoms with van der Waals surface area (Å²) in [7, 11) is 0. The highest BCUT2D eigenvalue weighted by atomic mass is 35.5. The fourth-order valence-electron chi connectivity index (χ4n) is 1.15. The van der Waals surface area contributed by atoms with E-state index >= 15 is 0 Å². The predicted molar refractivity (Wildman–Crippen MR) is 65.3 cm³/mol. The van der Waals surface area contributed by atoms with Crippen LogP contribution in [0.3, 0.4) is 0 Å². The lowest BCUT2D eigenvalue weighted by molar-refractivity contribution is -0.384. The van der Waals surface area contributed by atoms with Crippen molar-refractivity contribution in [3.63, 3.8) is 0 Å². The molecular formula is C9H11Cl2N3O2. The molecule has 0 heterocycles. The second-order valence-electron chi connectivity index (χ2n) is 3.11. The Morgan fingerprint density at radius 1 is 1.38 bits per heavy atom. The molecule has 88 valence electrons. The van der Waals surface area contributed by atoms with Gasteiger partial charge in [-0.15, -0.1) is 0 Å². The zero-order valence-electron chi connectivity index (χ0n) is 8.37. The first-order valence-corrected chi connectivity index (χ1v) is 5.39. The highest BCUT2D eigenvalue weighted by molar-refractivity contribution is 6.39. The number of nitro groups is 1. The van der Waals surface area contributed by atoms with Gasteiger partial charge in [-0.1, -0.05) is 23.2 Å². The molecule has 5 nitrogen and oxygen atoms in total. The van der Waals surface area contributed by atoms with Crippen LogP contribution in [0.25, 0.3) is 0 Å². The molecule has 0 saturated carbocycles. The number of nitro benzene ring substituents is 1. The second kappa shape index (κ2) is 5.89. The van der Waals surface area contributed by atoms with Gasteiger partial charge in [-0.2, -0.15) is 0 Å². The standard InChI is InChI=1S/C9H11Cl2N3O2/c10-7-4-6(14(15)16)5-8(11)9(7)13-3-1-2-12/h4-5,13H,1-3,12H2. The smallest absolute Gasteiger partial charge is 0.272 e. The number of halogens is 2. The Labute approximate surface area is 103 Å². The summed E-state index contributed by atoms with van der Waals surface area (Å²) in [6.45, 7) is 1.17. The van der Waals surface area contributed by atoms with E-state index in [1.807, 2.05) is 0 Å². The molecular weight excluding hydrogens is 253 g/mol. The lowest BCUT2D eigenvalue weighted by Crippen LogP contribution is -2.09. The zero-order valence-corrected chi connectivity index (χ0v) is 9.88. The third-order valence-electron chi connectivity index (χ3n) is 1.92. The van der Waals surface area contributed by atoms with Crippen LogP contribution in [-0.4, -0.2) is 18.0 Å². The summed E-state index contributed by atoms with van der Waals surface area (Å²) in [6.07, 6.45) is 0.768. The summed E-state index contributed by atoms with van der Waals surface area (Å²) in [6, 6.07) is 2.52. The van der Waals surface area contributed by atoms with Crippen LogP contribution in [0.2, 0.25) is 10.0 Å². The Hall–Kier alpha value is -1.04. The fraction of sp³-hybridized carbons (Fsp3) is 0.333. The largest absolute Gasteiger partial charge is 0.383 e. The highest BCUT2D eigenvalue weighted by Gasteiger charge is 2.13. The van der Waals surface area contributed by atoms with Crippen molar-refractivity contribution in [1.82, 2.24) is 0 Å². The van der Waals surface area contributed by atoms with Gasteiger partial charge < -0.3 is 11.1 Å². The summed E-state index contributed by atoms with van der Waals surface area (Å²) in [5.74, 6) is 0. The SMILES string of the molecule is NCCCNc1c(Cl)cc([N+](=O)[O-])cc1Cl. The van der Waals surface area contributed by atoms with E-state index in [0.717, 1.165) is 6.42 Å². The molecule has 1 aromatic carbocycles. The molecule has 1 aromatic rings. The van der Waals surface area contributed by atoms with Crippen LogP contribution in [-0.2, 0) is 0 Å². The van der Waals surface area contributed by atoms with Gasteiger partial charge in [0, 0.05) is 18.7 Å². The number of anilines is 1. The Morgan fingerprint density at radius 2 is 1.94 bits per heavy atom. The van der Waals surface area contributed by atoms with Gasteiger partial charge in [0.15, 0.2) is 0 Å². The topological polar surface area (TPSA) is 81.2 Å². The van der Waals surface area contributed by atoms with Gasteiger partial charge in [0.05, 0.1) is 20.7 Å². The first-order valence-electron chi connectivity index (χ1n) is 4.63. The zero-order chi connectivity index (χ0) is 12.1. The fourth-order valence-corrected chi connectivity index (χ4v) is 1.76. The molecule has 0 saturated heterocycles. The van der Waals surface area contributed by atoms with Crippen molar-refractivity contribution in [2.24, 2.45) is 5.73 Å². The van der Waals surface area contributed by atoms with E-state index < -0.39 is 4.92 Å². The van der Waals surface area contributed by atoms with Crippen LogP contribution in [0.5, 0.6) is 0 Å². The van der Waals surface area contributed by atoms with E-state index in [2.05, 4.69) is 5.32 Å². The van der Waals surface area contributed by atoms with Crippen molar-refractivity contribution in [2.75, 3.05) is 18.4 Å². The van der Waals surface area contributed by atoms with Gasteiger partial charge in [-0.25, -0.2) is 0 Å². The van der Waals surface area contributed by atoms with Gasteiger partial charge >= 0.3 is 0 Å². The second-order valence-corrected chi connectivity index (χ2v) is 3.92. The molecule has 0 aromatic heterocycles. The summed E-state index contributed by atoms with van der Waals surface area (Å²) in [5, 5.41) is 14.0. The highest BCUT2D eigenvalue weighted by Crippen LogP contribution is 2.34. The van der Waals surface area contributed by atoms with Crippen molar-refractivity contribution in [3.05, 3.63) is 32.3 Å². The average molecular weight is 264 g/mol. The lowest BCUT2D eigenvalue weighted by Gasteiger charge is -2.09. The first kappa shape index (κ1) is 13.0. The van der Waals surface area contributed by atoms with E-state index in [1.54, 1.807) is 0 Å². The number of rotatable bonds is 5. The minimum atomic E-state index is -0.540. The Bertz CT molecular complexity index is 375. The van der Waals surface area contributed by atoms with Gasteiger partial charge in [0.25, 0.3) is 5.69 Å². The van der Waals surface area contributed by atoms with Crippen molar-refractivity contribution < 1.29 is 4.92 Å². The minimum absolute atomic E-state index is 0.126. The Morgan fingerprint density at radius 3 is 2.38 bits per heavy atom. The molecule has 0 aliphatic rings. The molecule has 0 spiro atoms. The van der Waals surface area contributed by atoms with Gasteiger partial charge in [0.1, 0.15) is 0 Å². The molecule has 0 atom stereocenters. The van der Waals surface area contributed by atoms with Crippen molar-refractivity contribution in [3.8, 4) is 0 Å². The molecule has 3 N–H and O–H groups in total. The summed E-state index contributed by atoms with van der Waals surface area (Å²) < 4.78 is 0. The number of nitrogens with zero attached hydrogens (tertiary/aromatic N) is 1. The van der Waals surface area contributed by atoms with Gasteiger partial charge in [-0.3, -0.25) is 10.1 Å². The van der Waals surface area contributed by atoms with Crippen LogP contribution in [0, 0.1) is 10.1 Å². The number of non-ortho nitro benzene ring substituents is 1. The molecule has 0 unspecified atom stereocenters. The molecule has 0 aliphatic heterocycles. The molecule has 16 heavy (non-hydrogen) atoms. The van der Waals surface area contributed by atoms with Crippen molar-refractivity contribution in [1.29, 1.82) is 0 Å². The normalized spacial score (nSPS) is 10.2. The summed E-state index contributed by atoms with van der Waals surface area (Å²) in [5.41, 5.74) is 5.71. The molecule has 0 amide bonds. The third kappa shape index (κ3) is 3.23.